The van der Waals surface area contributed by atoms with Crippen LogP contribution in [0.1, 0.15) is 12.8 Å². The number of amides is 1. The first-order valence-electron chi connectivity index (χ1n) is 6.43. The molecule has 2 N–H and O–H groups in total. The van der Waals surface area contributed by atoms with Gasteiger partial charge in [-0.25, -0.2) is 0 Å². The molecule has 0 radical (unpaired) electrons. The van der Waals surface area contributed by atoms with Crippen molar-refractivity contribution in [2.45, 2.75) is 12.8 Å². The lowest BCUT2D eigenvalue weighted by Crippen LogP contribution is -2.40. The van der Waals surface area contributed by atoms with Crippen LogP contribution in [0, 0.1) is 5.92 Å². The van der Waals surface area contributed by atoms with Gasteiger partial charge in [-0.3, -0.25) is 9.59 Å². The topological polar surface area (TPSA) is 69.6 Å². The van der Waals surface area contributed by atoms with E-state index in [2.05, 4.69) is 5.32 Å². The molecule has 19 heavy (non-hydrogen) atoms. The second-order valence-corrected chi connectivity index (χ2v) is 4.83. The molecule has 0 saturated heterocycles. The van der Waals surface area contributed by atoms with Crippen molar-refractivity contribution in [3.63, 3.8) is 0 Å². The first-order chi connectivity index (χ1) is 9.15. The molecule has 2 rings (SSSR count). The molecular weight excluding hydrogens is 244 g/mol. The molecule has 1 aromatic carbocycles. The highest BCUT2D eigenvalue weighted by Crippen LogP contribution is 2.27. The standard InChI is InChI=1S/C14H18N2O3/c17-13(15-8-11-6-7-11)9-16(10-14(18)19)12-4-2-1-3-5-12/h1-5,11H,6-10H2,(H,15,17)(H,18,19). The van der Waals surface area contributed by atoms with Crippen LogP contribution in [0.3, 0.4) is 0 Å². The summed E-state index contributed by atoms with van der Waals surface area (Å²) in [5.41, 5.74) is 0.742. The molecule has 1 fully saturated rings. The summed E-state index contributed by atoms with van der Waals surface area (Å²) in [5.74, 6) is -0.454. The van der Waals surface area contributed by atoms with Crippen molar-refractivity contribution < 1.29 is 14.7 Å². The molecule has 1 saturated carbocycles. The molecule has 0 aromatic heterocycles. The lowest BCUT2D eigenvalue weighted by atomic mass is 10.3. The smallest absolute Gasteiger partial charge is 0.323 e. The Bertz CT molecular complexity index is 443. The van der Waals surface area contributed by atoms with Crippen molar-refractivity contribution in [1.29, 1.82) is 0 Å². The average molecular weight is 262 g/mol. The van der Waals surface area contributed by atoms with Crippen LogP contribution in [0.25, 0.3) is 0 Å². The van der Waals surface area contributed by atoms with Gasteiger partial charge in [0, 0.05) is 12.2 Å². The predicted molar refractivity (Wildman–Crippen MR) is 72.0 cm³/mol. The quantitative estimate of drug-likeness (QED) is 0.772. The van der Waals surface area contributed by atoms with Gasteiger partial charge in [0.15, 0.2) is 0 Å². The predicted octanol–water partition coefficient (Wildman–Crippen LogP) is 1.10. The molecule has 0 aliphatic heterocycles. The number of carbonyl (C=O) groups is 2. The minimum Gasteiger partial charge on any atom is -0.480 e. The summed E-state index contributed by atoms with van der Waals surface area (Å²) in [6.07, 6.45) is 2.36. The largest absolute Gasteiger partial charge is 0.480 e. The van der Waals surface area contributed by atoms with E-state index in [4.69, 9.17) is 5.11 Å². The van der Waals surface area contributed by atoms with Crippen molar-refractivity contribution in [3.8, 4) is 0 Å². The Morgan fingerprint density at radius 3 is 2.47 bits per heavy atom. The number of carboxylic acids is 1. The van der Waals surface area contributed by atoms with Crippen LogP contribution in [0.4, 0.5) is 5.69 Å². The fourth-order valence-electron chi connectivity index (χ4n) is 1.85. The molecule has 0 bridgehead atoms. The molecule has 102 valence electrons. The number of aliphatic carboxylic acids is 1. The fourth-order valence-corrected chi connectivity index (χ4v) is 1.85. The first kappa shape index (κ1) is 13.4. The Hall–Kier alpha value is -2.04. The Morgan fingerprint density at radius 2 is 1.89 bits per heavy atom. The number of rotatable bonds is 7. The van der Waals surface area contributed by atoms with Gasteiger partial charge in [-0.15, -0.1) is 0 Å². The third-order valence-corrected chi connectivity index (χ3v) is 3.07. The number of para-hydroxylation sites is 1. The molecule has 5 nitrogen and oxygen atoms in total. The van der Waals surface area contributed by atoms with Gasteiger partial charge in [-0.2, -0.15) is 0 Å². The Balaban J connectivity index is 1.92. The summed E-state index contributed by atoms with van der Waals surface area (Å²) in [4.78, 5) is 24.2. The number of carbonyl (C=O) groups excluding carboxylic acids is 1. The SMILES string of the molecule is O=C(O)CN(CC(=O)NCC1CC1)c1ccccc1. The van der Waals surface area contributed by atoms with Crippen LogP contribution in [0.5, 0.6) is 0 Å². The number of anilines is 1. The first-order valence-corrected chi connectivity index (χ1v) is 6.43. The number of benzene rings is 1. The summed E-state index contributed by atoms with van der Waals surface area (Å²) < 4.78 is 0. The summed E-state index contributed by atoms with van der Waals surface area (Å²) in [7, 11) is 0. The van der Waals surface area contributed by atoms with Gasteiger partial charge in [-0.1, -0.05) is 18.2 Å². The van der Waals surface area contributed by atoms with Crippen LogP contribution in [-0.2, 0) is 9.59 Å². The van der Waals surface area contributed by atoms with Gasteiger partial charge in [0.2, 0.25) is 5.91 Å². The van der Waals surface area contributed by atoms with Crippen molar-refractivity contribution in [2.75, 3.05) is 24.5 Å². The van der Waals surface area contributed by atoms with Gasteiger partial charge in [0.25, 0.3) is 0 Å². The molecule has 0 atom stereocenters. The highest BCUT2D eigenvalue weighted by atomic mass is 16.4. The monoisotopic (exact) mass is 262 g/mol. The average Bonchev–Trinajstić information content (AvgIpc) is 3.20. The third kappa shape index (κ3) is 4.62. The van der Waals surface area contributed by atoms with Crippen LogP contribution >= 0.6 is 0 Å². The van der Waals surface area contributed by atoms with E-state index in [1.165, 1.54) is 12.8 Å². The molecular formula is C14H18N2O3. The van der Waals surface area contributed by atoms with Gasteiger partial charge in [0.1, 0.15) is 6.54 Å². The van der Waals surface area contributed by atoms with Gasteiger partial charge in [0.05, 0.1) is 6.54 Å². The van der Waals surface area contributed by atoms with Crippen LogP contribution in [0.2, 0.25) is 0 Å². The number of nitrogens with one attached hydrogen (secondary N) is 1. The van der Waals surface area contributed by atoms with E-state index in [0.717, 1.165) is 5.69 Å². The lowest BCUT2D eigenvalue weighted by molar-refractivity contribution is -0.135. The van der Waals surface area contributed by atoms with Crippen molar-refractivity contribution in [3.05, 3.63) is 30.3 Å². The third-order valence-electron chi connectivity index (χ3n) is 3.07. The highest BCUT2D eigenvalue weighted by molar-refractivity contribution is 5.84. The Labute approximate surface area is 112 Å². The summed E-state index contributed by atoms with van der Waals surface area (Å²) in [6, 6.07) is 9.11. The second kappa shape index (κ2) is 6.22. The van der Waals surface area contributed by atoms with E-state index < -0.39 is 5.97 Å². The van der Waals surface area contributed by atoms with Crippen molar-refractivity contribution in [1.82, 2.24) is 5.32 Å². The summed E-state index contributed by atoms with van der Waals surface area (Å²) >= 11 is 0. The van der Waals surface area contributed by atoms with Crippen LogP contribution in [-0.4, -0.2) is 36.6 Å². The van der Waals surface area contributed by atoms with Gasteiger partial charge in [-0.05, 0) is 30.9 Å². The molecule has 5 heteroatoms. The van der Waals surface area contributed by atoms with E-state index in [1.807, 2.05) is 18.2 Å². The normalized spacial score (nSPS) is 13.9. The van der Waals surface area contributed by atoms with Crippen molar-refractivity contribution >= 4 is 17.6 Å². The van der Waals surface area contributed by atoms with E-state index in [0.29, 0.717) is 12.5 Å². The zero-order chi connectivity index (χ0) is 13.7. The van der Waals surface area contributed by atoms with Gasteiger partial charge < -0.3 is 15.3 Å². The Kier molecular flexibility index (Phi) is 4.39. The number of carboxylic acid groups (broad SMARTS) is 1. The zero-order valence-corrected chi connectivity index (χ0v) is 10.7. The Morgan fingerprint density at radius 1 is 1.21 bits per heavy atom. The van der Waals surface area contributed by atoms with E-state index in [1.54, 1.807) is 17.0 Å². The van der Waals surface area contributed by atoms with E-state index in [-0.39, 0.29) is 19.0 Å². The van der Waals surface area contributed by atoms with Crippen molar-refractivity contribution in [2.24, 2.45) is 5.92 Å². The minimum absolute atomic E-state index is 0.0725. The fraction of sp³-hybridized carbons (Fsp3) is 0.429. The molecule has 0 heterocycles. The van der Waals surface area contributed by atoms with Crippen LogP contribution in [0.15, 0.2) is 30.3 Å². The maximum atomic E-state index is 11.8. The zero-order valence-electron chi connectivity index (χ0n) is 10.7. The molecule has 0 spiro atoms. The van der Waals surface area contributed by atoms with Gasteiger partial charge >= 0.3 is 5.97 Å². The molecule has 1 aliphatic carbocycles. The molecule has 1 aliphatic rings. The van der Waals surface area contributed by atoms with E-state index in [9.17, 15) is 9.59 Å². The minimum atomic E-state index is -0.946. The number of nitrogens with zero attached hydrogens (tertiary/aromatic N) is 1. The van der Waals surface area contributed by atoms with E-state index >= 15 is 0 Å². The highest BCUT2D eigenvalue weighted by Gasteiger charge is 2.22. The lowest BCUT2D eigenvalue weighted by Gasteiger charge is -2.22. The summed E-state index contributed by atoms with van der Waals surface area (Å²) in [5, 5.41) is 11.8. The maximum Gasteiger partial charge on any atom is 0.323 e. The summed E-state index contributed by atoms with van der Waals surface area (Å²) in [6.45, 7) is 0.596. The molecule has 1 aromatic rings. The number of hydrogen-bond acceptors (Lipinski definition) is 3. The number of hydrogen-bond donors (Lipinski definition) is 2. The molecule has 1 amide bonds. The molecule has 0 unspecified atom stereocenters. The van der Waals surface area contributed by atoms with Crippen LogP contribution < -0.4 is 10.2 Å². The maximum absolute atomic E-state index is 11.8. The second-order valence-electron chi connectivity index (χ2n) is 4.83.